The molecule has 0 saturated carbocycles. The fraction of sp³-hybridized carbons (Fsp3) is 0.556. The molecule has 2 aromatic rings. The van der Waals surface area contributed by atoms with Crippen LogP contribution in [-0.4, -0.2) is 44.6 Å². The summed E-state index contributed by atoms with van der Waals surface area (Å²) in [5.74, 6) is 1.06. The van der Waals surface area contributed by atoms with E-state index >= 15 is 0 Å². The lowest BCUT2D eigenvalue weighted by atomic mass is 10.2. The monoisotopic (exact) mass is 376 g/mol. The molecule has 0 bridgehead atoms. The number of tetrazole rings is 1. The number of carbonyl (C=O) groups excluding carboxylic acids is 1. The summed E-state index contributed by atoms with van der Waals surface area (Å²) >= 11 is 1.64. The SMILES string of the molecule is CCCCn1nnnc1COC(=O)c1ccccc1SCC1CCCO1. The van der Waals surface area contributed by atoms with Crippen molar-refractivity contribution in [2.45, 2.75) is 56.8 Å². The van der Waals surface area contributed by atoms with Crippen LogP contribution in [-0.2, 0) is 22.6 Å². The Labute approximate surface area is 157 Å². The Hall–Kier alpha value is -1.93. The molecule has 0 aliphatic carbocycles. The van der Waals surface area contributed by atoms with Gasteiger partial charge in [-0.15, -0.1) is 16.9 Å². The fourth-order valence-electron chi connectivity index (χ4n) is 2.74. The number of thioether (sulfide) groups is 1. The van der Waals surface area contributed by atoms with Crippen LogP contribution in [0, 0.1) is 0 Å². The number of aryl methyl sites for hydroxylation is 1. The van der Waals surface area contributed by atoms with E-state index in [-0.39, 0.29) is 18.7 Å². The summed E-state index contributed by atoms with van der Waals surface area (Å²) in [6.45, 7) is 3.74. The Bertz CT molecular complexity index is 716. The normalized spacial score (nSPS) is 16.7. The van der Waals surface area contributed by atoms with Gasteiger partial charge in [0, 0.05) is 23.8 Å². The van der Waals surface area contributed by atoms with Crippen molar-refractivity contribution in [2.24, 2.45) is 0 Å². The van der Waals surface area contributed by atoms with Crippen LogP contribution in [0.3, 0.4) is 0 Å². The number of unbranched alkanes of at least 4 members (excludes halogenated alkanes) is 1. The highest BCUT2D eigenvalue weighted by molar-refractivity contribution is 7.99. The van der Waals surface area contributed by atoms with Crippen LogP contribution in [0.5, 0.6) is 0 Å². The van der Waals surface area contributed by atoms with Gasteiger partial charge in [0.2, 0.25) is 0 Å². The van der Waals surface area contributed by atoms with E-state index in [0.717, 1.165) is 49.5 Å². The standard InChI is InChI=1S/C18H24N4O3S/c1-2-3-10-22-17(19-20-21-22)12-25-18(23)15-8-4-5-9-16(15)26-13-14-7-6-11-24-14/h4-5,8-9,14H,2-3,6-7,10-13H2,1H3. The number of ether oxygens (including phenoxy) is 2. The zero-order valence-corrected chi connectivity index (χ0v) is 15.8. The Morgan fingerprint density at radius 1 is 1.42 bits per heavy atom. The summed E-state index contributed by atoms with van der Waals surface area (Å²) in [5, 5.41) is 11.6. The summed E-state index contributed by atoms with van der Waals surface area (Å²) in [6.07, 6.45) is 4.50. The molecular formula is C18H24N4O3S. The average molecular weight is 376 g/mol. The maximum atomic E-state index is 12.5. The van der Waals surface area contributed by atoms with Gasteiger partial charge in [0.1, 0.15) is 0 Å². The molecule has 26 heavy (non-hydrogen) atoms. The number of rotatable bonds is 9. The number of nitrogens with zero attached hydrogens (tertiary/aromatic N) is 4. The molecule has 3 rings (SSSR count). The molecule has 0 N–H and O–H groups in total. The van der Waals surface area contributed by atoms with Gasteiger partial charge in [-0.2, -0.15) is 0 Å². The van der Waals surface area contributed by atoms with E-state index in [0.29, 0.717) is 11.4 Å². The van der Waals surface area contributed by atoms with E-state index in [1.165, 1.54) is 0 Å². The highest BCUT2D eigenvalue weighted by Gasteiger charge is 2.19. The molecule has 0 spiro atoms. The van der Waals surface area contributed by atoms with E-state index < -0.39 is 0 Å². The summed E-state index contributed by atoms with van der Waals surface area (Å²) in [5.41, 5.74) is 0.572. The first kappa shape index (κ1) is 18.8. The molecule has 1 atom stereocenters. The number of hydrogen-bond acceptors (Lipinski definition) is 7. The second kappa shape index (κ2) is 9.68. The summed E-state index contributed by atoms with van der Waals surface area (Å²) < 4.78 is 12.8. The topological polar surface area (TPSA) is 79.1 Å². The Morgan fingerprint density at radius 2 is 2.31 bits per heavy atom. The molecule has 1 saturated heterocycles. The molecule has 1 unspecified atom stereocenters. The summed E-state index contributed by atoms with van der Waals surface area (Å²) in [6, 6.07) is 7.51. The molecule has 1 aromatic carbocycles. The van der Waals surface area contributed by atoms with Crippen molar-refractivity contribution in [2.75, 3.05) is 12.4 Å². The van der Waals surface area contributed by atoms with Crippen molar-refractivity contribution >= 4 is 17.7 Å². The van der Waals surface area contributed by atoms with E-state index in [4.69, 9.17) is 9.47 Å². The Balaban J connectivity index is 1.58. The molecule has 1 aliphatic heterocycles. The van der Waals surface area contributed by atoms with Crippen molar-refractivity contribution in [3.63, 3.8) is 0 Å². The molecule has 7 nitrogen and oxygen atoms in total. The minimum absolute atomic E-state index is 0.0697. The van der Waals surface area contributed by atoms with E-state index in [9.17, 15) is 4.79 Å². The van der Waals surface area contributed by atoms with Crippen molar-refractivity contribution in [3.8, 4) is 0 Å². The zero-order valence-electron chi connectivity index (χ0n) is 15.0. The number of benzene rings is 1. The quantitative estimate of drug-likeness (QED) is 0.491. The molecule has 2 heterocycles. The van der Waals surface area contributed by atoms with Gasteiger partial charge in [-0.25, -0.2) is 9.48 Å². The highest BCUT2D eigenvalue weighted by atomic mass is 32.2. The maximum absolute atomic E-state index is 12.5. The highest BCUT2D eigenvalue weighted by Crippen LogP contribution is 2.27. The largest absolute Gasteiger partial charge is 0.454 e. The lowest BCUT2D eigenvalue weighted by molar-refractivity contribution is 0.0452. The van der Waals surface area contributed by atoms with Gasteiger partial charge >= 0.3 is 5.97 Å². The number of aromatic nitrogens is 4. The van der Waals surface area contributed by atoms with Crippen LogP contribution in [0.15, 0.2) is 29.2 Å². The minimum atomic E-state index is -0.356. The number of hydrogen-bond donors (Lipinski definition) is 0. The van der Waals surface area contributed by atoms with Gasteiger partial charge < -0.3 is 9.47 Å². The smallest absolute Gasteiger partial charge is 0.339 e. The van der Waals surface area contributed by atoms with Crippen LogP contribution < -0.4 is 0 Å². The van der Waals surface area contributed by atoms with Crippen molar-refractivity contribution in [3.05, 3.63) is 35.7 Å². The van der Waals surface area contributed by atoms with E-state index in [1.807, 2.05) is 18.2 Å². The van der Waals surface area contributed by atoms with Gasteiger partial charge in [0.05, 0.1) is 11.7 Å². The molecule has 8 heteroatoms. The molecule has 1 aromatic heterocycles. The predicted octanol–water partition coefficient (Wildman–Crippen LogP) is 3.10. The molecular weight excluding hydrogens is 352 g/mol. The van der Waals surface area contributed by atoms with Crippen LogP contribution >= 0.6 is 11.8 Å². The van der Waals surface area contributed by atoms with Crippen molar-refractivity contribution in [1.82, 2.24) is 20.2 Å². The van der Waals surface area contributed by atoms with E-state index in [1.54, 1.807) is 22.5 Å². The van der Waals surface area contributed by atoms with Crippen molar-refractivity contribution in [1.29, 1.82) is 0 Å². The van der Waals surface area contributed by atoms with E-state index in [2.05, 4.69) is 22.4 Å². The molecule has 140 valence electrons. The lowest BCUT2D eigenvalue weighted by Crippen LogP contribution is -2.12. The number of carbonyl (C=O) groups is 1. The van der Waals surface area contributed by atoms with Crippen LogP contribution in [0.25, 0.3) is 0 Å². The Morgan fingerprint density at radius 3 is 3.12 bits per heavy atom. The first-order valence-corrected chi connectivity index (χ1v) is 10.0. The first-order valence-electron chi connectivity index (χ1n) is 9.03. The molecule has 1 aliphatic rings. The van der Waals surface area contributed by atoms with Gasteiger partial charge in [-0.05, 0) is 41.8 Å². The maximum Gasteiger partial charge on any atom is 0.339 e. The molecule has 0 amide bonds. The average Bonchev–Trinajstić information content (AvgIpc) is 3.34. The number of esters is 1. The first-order chi connectivity index (χ1) is 12.8. The van der Waals surface area contributed by atoms with Gasteiger partial charge in [0.15, 0.2) is 12.4 Å². The second-order valence-electron chi connectivity index (χ2n) is 6.19. The molecule has 1 fully saturated rings. The summed E-state index contributed by atoms with van der Waals surface area (Å²) in [7, 11) is 0. The lowest BCUT2D eigenvalue weighted by Gasteiger charge is -2.12. The van der Waals surface area contributed by atoms with Crippen molar-refractivity contribution < 1.29 is 14.3 Å². The van der Waals surface area contributed by atoms with Crippen LogP contribution in [0.1, 0.15) is 48.8 Å². The molecule has 0 radical (unpaired) electrons. The minimum Gasteiger partial charge on any atom is -0.454 e. The Kier molecular flexibility index (Phi) is 7.02. The third-order valence-electron chi connectivity index (χ3n) is 4.22. The van der Waals surface area contributed by atoms with Gasteiger partial charge in [0.25, 0.3) is 0 Å². The van der Waals surface area contributed by atoms with Crippen LogP contribution in [0.4, 0.5) is 0 Å². The predicted molar refractivity (Wildman–Crippen MR) is 98.0 cm³/mol. The fourth-order valence-corrected chi connectivity index (χ4v) is 3.85. The second-order valence-corrected chi connectivity index (χ2v) is 7.25. The third kappa shape index (κ3) is 5.04. The van der Waals surface area contributed by atoms with Gasteiger partial charge in [-0.1, -0.05) is 25.5 Å². The van der Waals surface area contributed by atoms with Crippen LogP contribution in [0.2, 0.25) is 0 Å². The summed E-state index contributed by atoms with van der Waals surface area (Å²) in [4.78, 5) is 13.5. The zero-order chi connectivity index (χ0) is 18.2. The van der Waals surface area contributed by atoms with Gasteiger partial charge in [-0.3, -0.25) is 0 Å². The third-order valence-corrected chi connectivity index (χ3v) is 5.42.